The summed E-state index contributed by atoms with van der Waals surface area (Å²) in [5, 5.41) is 14.0. The van der Waals surface area contributed by atoms with Gasteiger partial charge in [0.1, 0.15) is 5.82 Å². The molecule has 15 rings (SSSR count). The number of aromatic nitrogens is 4. The van der Waals surface area contributed by atoms with Crippen LogP contribution in [0.25, 0.3) is 143 Å². The van der Waals surface area contributed by atoms with Crippen LogP contribution in [0, 0.1) is 0 Å². The van der Waals surface area contributed by atoms with Crippen LogP contribution >= 0.6 is 0 Å². The Balaban J connectivity index is 0.968. The van der Waals surface area contributed by atoms with E-state index in [-0.39, 0.29) is 0 Å². The zero-order valence-corrected chi connectivity index (χ0v) is 39.0. The van der Waals surface area contributed by atoms with Gasteiger partial charge >= 0.3 is 0 Å². The van der Waals surface area contributed by atoms with E-state index in [1.807, 2.05) is 0 Å². The largest absolute Gasteiger partial charge is 0.309 e. The third kappa shape index (κ3) is 6.12. The number of rotatable bonds is 6. The van der Waals surface area contributed by atoms with Gasteiger partial charge in [-0.15, -0.1) is 0 Å². The third-order valence-corrected chi connectivity index (χ3v) is 14.9. The molecular weight excluding hydrogens is 873 g/mol. The minimum atomic E-state index is 0.857. The highest BCUT2D eigenvalue weighted by atomic mass is 15.1. The van der Waals surface area contributed by atoms with Gasteiger partial charge in [0.25, 0.3) is 0 Å². The molecule has 0 atom stereocenters. The SMILES string of the molecule is c1ccc(-c2ccc3c(c2)c2cc(-c4ccccc4)ccc2n3-c2ccc(-c3nc4c5ccccc5c5ccccc5c4n3-c3cnc(-c4c5ccccc5cc5ccccc45)c4ccccc34)cc2)cc1. The van der Waals surface area contributed by atoms with Crippen LogP contribution in [0.5, 0.6) is 0 Å². The lowest BCUT2D eigenvalue weighted by molar-refractivity contribution is 1.10. The van der Waals surface area contributed by atoms with Crippen molar-refractivity contribution in [1.82, 2.24) is 19.1 Å². The highest BCUT2D eigenvalue weighted by molar-refractivity contribution is 6.25. The van der Waals surface area contributed by atoms with Gasteiger partial charge in [-0.1, -0.05) is 194 Å². The Morgan fingerprint density at radius 3 is 1.38 bits per heavy atom. The molecule has 0 radical (unpaired) electrons. The number of nitrogens with zero attached hydrogens (tertiary/aromatic N) is 4. The average molecular weight is 915 g/mol. The summed E-state index contributed by atoms with van der Waals surface area (Å²) in [7, 11) is 0. The minimum Gasteiger partial charge on any atom is -0.309 e. The van der Waals surface area contributed by atoms with Gasteiger partial charge in [-0.05, 0) is 109 Å². The molecule has 0 fully saturated rings. The Morgan fingerprint density at radius 2 is 0.778 bits per heavy atom. The number of hydrogen-bond donors (Lipinski definition) is 0. The summed E-state index contributed by atoms with van der Waals surface area (Å²) in [5.74, 6) is 0.857. The van der Waals surface area contributed by atoms with E-state index in [0.29, 0.717) is 0 Å². The van der Waals surface area contributed by atoms with E-state index < -0.39 is 0 Å². The molecule has 0 saturated carbocycles. The number of pyridine rings is 1. The van der Waals surface area contributed by atoms with Crippen LogP contribution < -0.4 is 0 Å². The first-order chi connectivity index (χ1) is 35.7. The zero-order valence-electron chi connectivity index (χ0n) is 39.0. The fourth-order valence-electron chi connectivity index (χ4n) is 11.6. The van der Waals surface area contributed by atoms with E-state index in [2.05, 4.69) is 264 Å². The van der Waals surface area contributed by atoms with Gasteiger partial charge in [0.2, 0.25) is 0 Å². The van der Waals surface area contributed by atoms with Crippen molar-refractivity contribution in [2.24, 2.45) is 0 Å². The topological polar surface area (TPSA) is 35.6 Å². The molecule has 334 valence electrons. The van der Waals surface area contributed by atoms with Crippen LogP contribution in [0.4, 0.5) is 0 Å². The summed E-state index contributed by atoms with van der Waals surface area (Å²) in [6, 6.07) is 90.0. The molecule has 3 aromatic heterocycles. The van der Waals surface area contributed by atoms with Gasteiger partial charge in [-0.2, -0.15) is 0 Å². The molecule has 72 heavy (non-hydrogen) atoms. The van der Waals surface area contributed by atoms with Gasteiger partial charge in [0, 0.05) is 49.1 Å². The first kappa shape index (κ1) is 40.3. The lowest BCUT2D eigenvalue weighted by atomic mass is 9.92. The predicted octanol–water partition coefficient (Wildman–Crippen LogP) is 18.0. The second-order valence-electron chi connectivity index (χ2n) is 18.9. The van der Waals surface area contributed by atoms with Gasteiger partial charge < -0.3 is 4.57 Å². The molecule has 12 aromatic carbocycles. The van der Waals surface area contributed by atoms with E-state index >= 15 is 0 Å². The van der Waals surface area contributed by atoms with Crippen molar-refractivity contribution in [3.8, 4) is 56.3 Å². The molecule has 0 unspecified atom stereocenters. The van der Waals surface area contributed by atoms with Crippen molar-refractivity contribution < 1.29 is 0 Å². The molecule has 0 aliphatic carbocycles. The first-order valence-corrected chi connectivity index (χ1v) is 24.6. The van der Waals surface area contributed by atoms with E-state index in [9.17, 15) is 0 Å². The lowest BCUT2D eigenvalue weighted by Crippen LogP contribution is -2.02. The van der Waals surface area contributed by atoms with E-state index in [1.165, 1.54) is 65.3 Å². The van der Waals surface area contributed by atoms with E-state index in [4.69, 9.17) is 9.97 Å². The van der Waals surface area contributed by atoms with Crippen molar-refractivity contribution in [1.29, 1.82) is 0 Å². The Morgan fingerprint density at radius 1 is 0.306 bits per heavy atom. The number of hydrogen-bond acceptors (Lipinski definition) is 2. The molecule has 15 aromatic rings. The molecule has 0 amide bonds. The zero-order chi connectivity index (χ0) is 47.3. The predicted molar refractivity (Wildman–Crippen MR) is 302 cm³/mol. The second kappa shape index (κ2) is 16.0. The number of benzene rings is 12. The van der Waals surface area contributed by atoms with E-state index in [1.54, 1.807) is 0 Å². The molecule has 3 heterocycles. The van der Waals surface area contributed by atoms with E-state index in [0.717, 1.165) is 77.6 Å². The fraction of sp³-hybridized carbons (Fsp3) is 0. The van der Waals surface area contributed by atoms with Crippen molar-refractivity contribution in [3.63, 3.8) is 0 Å². The summed E-state index contributed by atoms with van der Waals surface area (Å²) >= 11 is 0. The summed E-state index contributed by atoms with van der Waals surface area (Å²) in [6.07, 6.45) is 2.09. The maximum absolute atomic E-state index is 5.70. The Bertz CT molecular complexity index is 4510. The number of fused-ring (bicyclic) bond motifs is 12. The maximum atomic E-state index is 5.70. The average Bonchev–Trinajstić information content (AvgIpc) is 4.01. The normalized spacial score (nSPS) is 11.9. The molecule has 0 spiro atoms. The molecule has 0 aliphatic rings. The Hall–Kier alpha value is -9.64. The van der Waals surface area contributed by atoms with Crippen LogP contribution in [0.2, 0.25) is 0 Å². The van der Waals surface area contributed by atoms with Crippen LogP contribution in [0.3, 0.4) is 0 Å². The Labute approximate surface area is 415 Å². The van der Waals surface area contributed by atoms with Gasteiger partial charge in [0.05, 0.1) is 39.6 Å². The molecular formula is C68H42N4. The molecule has 0 aliphatic heterocycles. The second-order valence-corrected chi connectivity index (χ2v) is 18.9. The number of imidazole rings is 1. The quantitative estimate of drug-likeness (QED) is 0.123. The summed E-state index contributed by atoms with van der Waals surface area (Å²) in [6.45, 7) is 0. The fourth-order valence-corrected chi connectivity index (χ4v) is 11.6. The van der Waals surface area contributed by atoms with Crippen molar-refractivity contribution in [3.05, 3.63) is 255 Å². The van der Waals surface area contributed by atoms with Crippen molar-refractivity contribution >= 4 is 86.7 Å². The molecule has 4 heteroatoms. The third-order valence-electron chi connectivity index (χ3n) is 14.9. The van der Waals surface area contributed by atoms with Crippen LogP contribution in [-0.4, -0.2) is 19.1 Å². The Kier molecular flexibility index (Phi) is 8.92. The summed E-state index contributed by atoms with van der Waals surface area (Å²) < 4.78 is 4.80. The van der Waals surface area contributed by atoms with Crippen LogP contribution in [0.15, 0.2) is 255 Å². The van der Waals surface area contributed by atoms with Gasteiger partial charge in [0.15, 0.2) is 0 Å². The molecule has 4 nitrogen and oxygen atoms in total. The van der Waals surface area contributed by atoms with Gasteiger partial charge in [-0.25, -0.2) is 4.98 Å². The van der Waals surface area contributed by atoms with Gasteiger partial charge in [-0.3, -0.25) is 9.55 Å². The van der Waals surface area contributed by atoms with Crippen molar-refractivity contribution in [2.45, 2.75) is 0 Å². The highest BCUT2D eigenvalue weighted by Crippen LogP contribution is 2.44. The summed E-state index contributed by atoms with van der Waals surface area (Å²) in [5.41, 5.74) is 14.3. The van der Waals surface area contributed by atoms with Crippen LogP contribution in [-0.2, 0) is 0 Å². The molecule has 0 saturated heterocycles. The monoisotopic (exact) mass is 914 g/mol. The van der Waals surface area contributed by atoms with Crippen molar-refractivity contribution in [2.75, 3.05) is 0 Å². The maximum Gasteiger partial charge on any atom is 0.145 e. The highest BCUT2D eigenvalue weighted by Gasteiger charge is 2.24. The molecule has 0 bridgehead atoms. The molecule has 0 N–H and O–H groups in total. The first-order valence-electron chi connectivity index (χ1n) is 24.6. The minimum absolute atomic E-state index is 0.857. The lowest BCUT2D eigenvalue weighted by Gasteiger charge is -2.18. The standard InChI is InChI=1S/C68H42N4/c1-3-17-43(18-4-1)46-33-37-61-59(40-46)60-41-47(44-19-5-2-6-20-44)34-38-62(60)71(61)50-35-31-45(32-36-50)68-70-66-56-28-14-11-25-53(56)54-26-12-16-30-58(54)67(66)72(68)63-42-69-65(57-29-15-13-27-55(57)63)64-51-23-9-7-21-48(51)39-49-22-8-10-24-52(49)64/h1-42H. The van der Waals surface area contributed by atoms with Crippen LogP contribution in [0.1, 0.15) is 0 Å². The smallest absolute Gasteiger partial charge is 0.145 e. The summed E-state index contributed by atoms with van der Waals surface area (Å²) in [4.78, 5) is 11.2.